The van der Waals surface area contributed by atoms with Gasteiger partial charge in [0, 0.05) is 13.2 Å². The van der Waals surface area contributed by atoms with Crippen molar-refractivity contribution in [2.24, 2.45) is 5.92 Å². The van der Waals surface area contributed by atoms with E-state index in [9.17, 15) is 5.11 Å². The van der Waals surface area contributed by atoms with Gasteiger partial charge in [0.25, 0.3) is 0 Å². The maximum absolute atomic E-state index is 10.2. The third-order valence-electron chi connectivity index (χ3n) is 1.94. The Kier molecular flexibility index (Phi) is 21.7. The third kappa shape index (κ3) is 13.5. The van der Waals surface area contributed by atoms with E-state index in [1.807, 2.05) is 13.8 Å². The van der Waals surface area contributed by atoms with Crippen LogP contribution in [0, 0.1) is 5.92 Å². The van der Waals surface area contributed by atoms with E-state index in [0.717, 1.165) is 0 Å². The zero-order valence-electron chi connectivity index (χ0n) is 9.88. The standard InChI is InChI=1S/C11H24O3.2Ba.4H/c1-5-13-8-11(12,7-10(3)4)9-14-6-2;;;;;;/h10,12H,5-9H2,1-4H3;;;;;;. The topological polar surface area (TPSA) is 38.7 Å². The second kappa shape index (κ2) is 14.4. The molecule has 0 unspecified atom stereocenters. The van der Waals surface area contributed by atoms with E-state index in [4.69, 9.17) is 9.47 Å². The summed E-state index contributed by atoms with van der Waals surface area (Å²) >= 11 is 0. The van der Waals surface area contributed by atoms with Gasteiger partial charge in [-0.2, -0.15) is 0 Å². The van der Waals surface area contributed by atoms with Gasteiger partial charge in [-0.3, -0.25) is 0 Å². The Morgan fingerprint density at radius 1 is 1.00 bits per heavy atom. The van der Waals surface area contributed by atoms with Crippen LogP contribution < -0.4 is 0 Å². The Bertz CT molecular complexity index is 135. The second-order valence-electron chi connectivity index (χ2n) is 4.10. The minimum absolute atomic E-state index is 0. The first-order valence-corrected chi connectivity index (χ1v) is 5.42. The predicted molar refractivity (Wildman–Crippen MR) is 74.5 cm³/mol. The normalized spacial score (nSPS) is 10.9. The van der Waals surface area contributed by atoms with Crippen LogP contribution in [0.5, 0.6) is 0 Å². The van der Waals surface area contributed by atoms with Gasteiger partial charge in [-0.25, -0.2) is 0 Å². The van der Waals surface area contributed by atoms with E-state index in [-0.39, 0.29) is 97.8 Å². The van der Waals surface area contributed by atoms with Gasteiger partial charge in [-0.05, 0) is 26.2 Å². The average Bonchev–Trinajstić information content (AvgIpc) is 2.11. The third-order valence-corrected chi connectivity index (χ3v) is 1.94. The molecule has 94 valence electrons. The SMILES string of the molecule is CCOCC(O)(COCC)CC(C)C.[BaH2].[BaH2]. The van der Waals surface area contributed by atoms with Crippen molar-refractivity contribution in [3.8, 4) is 0 Å². The predicted octanol–water partition coefficient (Wildman–Crippen LogP) is 0.00420. The molecule has 16 heavy (non-hydrogen) atoms. The number of ether oxygens (including phenoxy) is 2. The summed E-state index contributed by atoms with van der Waals surface area (Å²) in [7, 11) is 0. The molecular formula is C11H28Ba2O3. The maximum atomic E-state index is 10.2. The van der Waals surface area contributed by atoms with E-state index in [1.54, 1.807) is 0 Å². The summed E-state index contributed by atoms with van der Waals surface area (Å²) < 4.78 is 10.5. The molecule has 0 atom stereocenters. The van der Waals surface area contributed by atoms with E-state index in [1.165, 1.54) is 0 Å². The molecule has 0 fully saturated rings. The van der Waals surface area contributed by atoms with Crippen molar-refractivity contribution >= 4 is 97.8 Å². The molecule has 0 heterocycles. The zero-order chi connectivity index (χ0) is 11.0. The summed E-state index contributed by atoms with van der Waals surface area (Å²) in [6.45, 7) is 10.0. The van der Waals surface area contributed by atoms with Crippen molar-refractivity contribution in [2.45, 2.75) is 39.7 Å². The van der Waals surface area contributed by atoms with E-state index < -0.39 is 5.60 Å². The van der Waals surface area contributed by atoms with Crippen LogP contribution in [0.4, 0.5) is 0 Å². The van der Waals surface area contributed by atoms with Gasteiger partial charge < -0.3 is 14.6 Å². The summed E-state index contributed by atoms with van der Waals surface area (Å²) in [4.78, 5) is 0. The Hall–Kier alpha value is 3.02. The molecule has 0 rings (SSSR count). The Morgan fingerprint density at radius 2 is 1.38 bits per heavy atom. The average molecular weight is 483 g/mol. The molecule has 0 aliphatic rings. The minimum atomic E-state index is -0.819. The fourth-order valence-corrected chi connectivity index (χ4v) is 1.50. The van der Waals surface area contributed by atoms with Crippen molar-refractivity contribution in [1.29, 1.82) is 0 Å². The van der Waals surface area contributed by atoms with Crippen LogP contribution in [-0.2, 0) is 9.47 Å². The summed E-state index contributed by atoms with van der Waals surface area (Å²) in [6, 6.07) is 0. The first-order valence-electron chi connectivity index (χ1n) is 5.42. The van der Waals surface area contributed by atoms with E-state index >= 15 is 0 Å². The molecule has 0 radical (unpaired) electrons. The summed E-state index contributed by atoms with van der Waals surface area (Å²) in [5.41, 5.74) is -0.819. The monoisotopic (exact) mass is 484 g/mol. The number of hydrogen-bond donors (Lipinski definition) is 1. The molecule has 0 spiro atoms. The van der Waals surface area contributed by atoms with Gasteiger partial charge in [-0.1, -0.05) is 13.8 Å². The molecule has 0 aromatic carbocycles. The van der Waals surface area contributed by atoms with E-state index in [0.29, 0.717) is 38.8 Å². The summed E-state index contributed by atoms with van der Waals surface area (Å²) in [5.74, 6) is 0.445. The Labute approximate surface area is 181 Å². The van der Waals surface area contributed by atoms with Gasteiger partial charge in [-0.15, -0.1) is 0 Å². The molecular weight excluding hydrogens is 455 g/mol. The van der Waals surface area contributed by atoms with Gasteiger partial charge in [0.05, 0.1) is 13.2 Å². The molecule has 0 saturated heterocycles. The van der Waals surface area contributed by atoms with Crippen LogP contribution in [0.15, 0.2) is 0 Å². The molecule has 0 aromatic heterocycles. The van der Waals surface area contributed by atoms with Gasteiger partial charge in [0.1, 0.15) is 5.60 Å². The van der Waals surface area contributed by atoms with Crippen molar-refractivity contribution in [1.82, 2.24) is 0 Å². The molecule has 5 heteroatoms. The molecule has 1 N–H and O–H groups in total. The van der Waals surface area contributed by atoms with Crippen molar-refractivity contribution < 1.29 is 14.6 Å². The Morgan fingerprint density at radius 3 is 1.62 bits per heavy atom. The van der Waals surface area contributed by atoms with Crippen LogP contribution in [0.25, 0.3) is 0 Å². The van der Waals surface area contributed by atoms with Crippen LogP contribution in [0.1, 0.15) is 34.1 Å². The van der Waals surface area contributed by atoms with Crippen LogP contribution in [-0.4, -0.2) is 135 Å². The zero-order valence-corrected chi connectivity index (χ0v) is 9.88. The molecule has 0 bridgehead atoms. The number of aliphatic hydroxyl groups is 1. The molecule has 0 aromatic rings. The second-order valence-corrected chi connectivity index (χ2v) is 4.10. The first kappa shape index (κ1) is 24.1. The molecule has 0 aliphatic heterocycles. The van der Waals surface area contributed by atoms with Crippen molar-refractivity contribution in [3.05, 3.63) is 0 Å². The summed E-state index contributed by atoms with van der Waals surface area (Å²) in [5, 5.41) is 10.2. The van der Waals surface area contributed by atoms with Crippen LogP contribution in [0.3, 0.4) is 0 Å². The van der Waals surface area contributed by atoms with Gasteiger partial charge in [0.2, 0.25) is 0 Å². The molecule has 0 aliphatic carbocycles. The number of hydrogen-bond acceptors (Lipinski definition) is 3. The number of rotatable bonds is 8. The van der Waals surface area contributed by atoms with Crippen molar-refractivity contribution in [3.63, 3.8) is 0 Å². The van der Waals surface area contributed by atoms with Crippen LogP contribution in [0.2, 0.25) is 0 Å². The van der Waals surface area contributed by atoms with E-state index in [2.05, 4.69) is 13.8 Å². The molecule has 3 nitrogen and oxygen atoms in total. The van der Waals surface area contributed by atoms with Crippen LogP contribution >= 0.6 is 0 Å². The fraction of sp³-hybridized carbons (Fsp3) is 1.00. The van der Waals surface area contributed by atoms with Gasteiger partial charge >= 0.3 is 97.8 Å². The fourth-order valence-electron chi connectivity index (χ4n) is 1.50. The first-order chi connectivity index (χ1) is 6.54. The van der Waals surface area contributed by atoms with Gasteiger partial charge in [0.15, 0.2) is 0 Å². The Balaban J connectivity index is -0.000000845. The summed E-state index contributed by atoms with van der Waals surface area (Å²) in [6.07, 6.45) is 0.715. The molecule has 0 saturated carbocycles. The molecule has 0 amide bonds. The van der Waals surface area contributed by atoms with Crippen molar-refractivity contribution in [2.75, 3.05) is 26.4 Å². The quantitative estimate of drug-likeness (QED) is 0.495.